The van der Waals surface area contributed by atoms with Crippen LogP contribution in [0.25, 0.3) is 0 Å². The zero-order chi connectivity index (χ0) is 16.1. The van der Waals surface area contributed by atoms with Crippen LogP contribution in [0.4, 0.5) is 4.39 Å². The van der Waals surface area contributed by atoms with E-state index in [1.807, 2.05) is 0 Å². The molecule has 0 radical (unpaired) electrons. The number of benzene rings is 2. The highest BCUT2D eigenvalue weighted by molar-refractivity contribution is 9.10. The Kier molecular flexibility index (Phi) is 5.27. The molecule has 0 aliphatic carbocycles. The Morgan fingerprint density at radius 1 is 1.14 bits per heavy atom. The first-order valence-electron chi connectivity index (χ1n) is 6.30. The van der Waals surface area contributed by atoms with Gasteiger partial charge >= 0.3 is 5.97 Å². The summed E-state index contributed by atoms with van der Waals surface area (Å²) in [6.07, 6.45) is 0. The first-order valence-corrected chi connectivity index (χ1v) is 7.10. The third-order valence-electron chi connectivity index (χ3n) is 2.88. The van der Waals surface area contributed by atoms with Crippen LogP contribution >= 0.6 is 15.9 Å². The summed E-state index contributed by atoms with van der Waals surface area (Å²) in [6, 6.07) is 10.1. The van der Waals surface area contributed by atoms with E-state index in [1.54, 1.807) is 24.3 Å². The van der Waals surface area contributed by atoms with E-state index >= 15 is 0 Å². The van der Waals surface area contributed by atoms with Crippen LogP contribution in [0, 0.1) is 5.82 Å². The van der Waals surface area contributed by atoms with Gasteiger partial charge in [-0.05, 0) is 42.5 Å². The Labute approximate surface area is 135 Å². The van der Waals surface area contributed by atoms with Crippen LogP contribution in [0.15, 0.2) is 46.9 Å². The molecule has 0 bridgehead atoms. The maximum absolute atomic E-state index is 13.2. The monoisotopic (exact) mass is 366 g/mol. The van der Waals surface area contributed by atoms with Crippen molar-refractivity contribution in [2.24, 2.45) is 0 Å². The number of Topliss-reactive ketones (excluding diaryl/α,β-unsaturated/α-hetero) is 1. The van der Waals surface area contributed by atoms with Crippen molar-refractivity contribution >= 4 is 27.7 Å². The molecule has 6 heteroatoms. The highest BCUT2D eigenvalue weighted by Crippen LogP contribution is 2.20. The lowest BCUT2D eigenvalue weighted by Gasteiger charge is -2.08. The predicted octanol–water partition coefficient (Wildman–Crippen LogP) is 3.64. The normalized spacial score (nSPS) is 10.1. The molecule has 0 aromatic heterocycles. The summed E-state index contributed by atoms with van der Waals surface area (Å²) >= 11 is 3.25. The van der Waals surface area contributed by atoms with E-state index in [-0.39, 0.29) is 11.3 Å². The highest BCUT2D eigenvalue weighted by Gasteiger charge is 2.16. The lowest BCUT2D eigenvalue weighted by Crippen LogP contribution is -2.15. The topological polar surface area (TPSA) is 52.6 Å². The molecule has 4 nitrogen and oxygen atoms in total. The molecule has 0 unspecified atom stereocenters. The molecule has 114 valence electrons. The summed E-state index contributed by atoms with van der Waals surface area (Å²) in [6.45, 7) is -0.491. The van der Waals surface area contributed by atoms with Crippen molar-refractivity contribution in [3.05, 3.63) is 63.9 Å². The maximum Gasteiger partial charge on any atom is 0.338 e. The molecule has 0 N–H and O–H groups in total. The number of hydrogen-bond donors (Lipinski definition) is 0. The summed E-state index contributed by atoms with van der Waals surface area (Å²) in [7, 11) is 1.37. The van der Waals surface area contributed by atoms with Gasteiger partial charge in [-0.15, -0.1) is 0 Å². The molecule has 0 atom stereocenters. The van der Waals surface area contributed by atoms with E-state index in [0.29, 0.717) is 5.56 Å². The van der Waals surface area contributed by atoms with E-state index in [9.17, 15) is 14.0 Å². The summed E-state index contributed by atoms with van der Waals surface area (Å²) in [5.74, 6) is -1.51. The van der Waals surface area contributed by atoms with E-state index in [4.69, 9.17) is 9.47 Å². The second-order valence-corrected chi connectivity index (χ2v) is 5.27. The van der Waals surface area contributed by atoms with Crippen molar-refractivity contribution in [2.45, 2.75) is 0 Å². The van der Waals surface area contributed by atoms with Gasteiger partial charge in [0.2, 0.25) is 5.78 Å². The molecule has 0 heterocycles. The molecule has 0 saturated heterocycles. The average molecular weight is 367 g/mol. The summed E-state index contributed by atoms with van der Waals surface area (Å²) in [5, 5.41) is 0. The Balaban J connectivity index is 2.05. The number of ketones is 1. The van der Waals surface area contributed by atoms with Gasteiger partial charge in [-0.2, -0.15) is 0 Å². The molecule has 2 rings (SSSR count). The van der Waals surface area contributed by atoms with Crippen molar-refractivity contribution in [3.8, 4) is 5.75 Å². The van der Waals surface area contributed by atoms with Gasteiger partial charge in [-0.25, -0.2) is 9.18 Å². The molecule has 0 saturated carbocycles. The molecular weight excluding hydrogens is 355 g/mol. The van der Waals surface area contributed by atoms with Crippen LogP contribution in [0.2, 0.25) is 0 Å². The lowest BCUT2D eigenvalue weighted by atomic mass is 10.1. The first-order chi connectivity index (χ1) is 10.5. The third-order valence-corrected chi connectivity index (χ3v) is 3.40. The molecule has 0 amide bonds. The number of esters is 1. The Hall–Kier alpha value is -2.21. The van der Waals surface area contributed by atoms with Crippen molar-refractivity contribution in [3.63, 3.8) is 0 Å². The summed E-state index contributed by atoms with van der Waals surface area (Å²) < 4.78 is 24.0. The number of halogens is 2. The minimum atomic E-state index is -0.629. The number of methoxy groups -OCH3 is 1. The van der Waals surface area contributed by atoms with E-state index in [0.717, 1.165) is 10.5 Å². The average Bonchev–Trinajstić information content (AvgIpc) is 2.53. The predicted molar refractivity (Wildman–Crippen MR) is 81.7 cm³/mol. The third kappa shape index (κ3) is 3.92. The van der Waals surface area contributed by atoms with Gasteiger partial charge in [-0.1, -0.05) is 15.9 Å². The van der Waals surface area contributed by atoms with Gasteiger partial charge in [0.1, 0.15) is 11.6 Å². The largest absolute Gasteiger partial charge is 0.496 e. The number of carbonyl (C=O) groups is 2. The summed E-state index contributed by atoms with van der Waals surface area (Å²) in [5.41, 5.74) is 0.355. The second kappa shape index (κ2) is 7.17. The fraction of sp³-hybridized carbons (Fsp3) is 0.125. The molecule has 0 fully saturated rings. The quantitative estimate of drug-likeness (QED) is 0.598. The minimum Gasteiger partial charge on any atom is -0.496 e. The molecule has 2 aromatic rings. The zero-order valence-electron chi connectivity index (χ0n) is 11.6. The Morgan fingerprint density at radius 3 is 2.45 bits per heavy atom. The van der Waals surface area contributed by atoms with Crippen molar-refractivity contribution < 1.29 is 23.5 Å². The van der Waals surface area contributed by atoms with Gasteiger partial charge in [0.15, 0.2) is 6.61 Å². The van der Waals surface area contributed by atoms with Gasteiger partial charge in [-0.3, -0.25) is 4.79 Å². The Bertz CT molecular complexity index is 698. The van der Waals surface area contributed by atoms with E-state index in [1.165, 1.54) is 19.2 Å². The minimum absolute atomic E-state index is 0.0334. The van der Waals surface area contributed by atoms with Crippen LogP contribution in [0.5, 0.6) is 5.75 Å². The molecule has 2 aromatic carbocycles. The molecular formula is C16H12BrFO4. The van der Waals surface area contributed by atoms with Crippen LogP contribution in [-0.2, 0) is 4.74 Å². The molecule has 0 aliphatic heterocycles. The van der Waals surface area contributed by atoms with Crippen molar-refractivity contribution in [1.82, 2.24) is 0 Å². The van der Waals surface area contributed by atoms with Gasteiger partial charge < -0.3 is 9.47 Å². The lowest BCUT2D eigenvalue weighted by molar-refractivity contribution is 0.0474. The Morgan fingerprint density at radius 2 is 1.82 bits per heavy atom. The van der Waals surface area contributed by atoms with E-state index < -0.39 is 24.2 Å². The standard InChI is InChI=1S/C16H12BrFO4/c1-21-15-7-6-12(18)8-13(15)14(19)9-22-16(20)10-2-4-11(17)5-3-10/h2-8H,9H2,1H3. The van der Waals surface area contributed by atoms with Crippen LogP contribution in [0.3, 0.4) is 0 Å². The second-order valence-electron chi connectivity index (χ2n) is 4.35. The SMILES string of the molecule is COc1ccc(F)cc1C(=O)COC(=O)c1ccc(Br)cc1. The maximum atomic E-state index is 13.2. The molecule has 22 heavy (non-hydrogen) atoms. The fourth-order valence-electron chi connectivity index (χ4n) is 1.78. The van der Waals surface area contributed by atoms with Crippen LogP contribution < -0.4 is 4.74 Å². The van der Waals surface area contributed by atoms with Gasteiger partial charge in [0, 0.05) is 4.47 Å². The number of carbonyl (C=O) groups excluding carboxylic acids is 2. The number of hydrogen-bond acceptors (Lipinski definition) is 4. The highest BCUT2D eigenvalue weighted by atomic mass is 79.9. The van der Waals surface area contributed by atoms with Crippen molar-refractivity contribution in [2.75, 3.05) is 13.7 Å². The van der Waals surface area contributed by atoms with E-state index in [2.05, 4.69) is 15.9 Å². The summed E-state index contributed by atoms with van der Waals surface area (Å²) in [4.78, 5) is 23.9. The fourth-order valence-corrected chi connectivity index (χ4v) is 2.04. The van der Waals surface area contributed by atoms with Gasteiger partial charge in [0.25, 0.3) is 0 Å². The molecule has 0 spiro atoms. The van der Waals surface area contributed by atoms with Crippen molar-refractivity contribution in [1.29, 1.82) is 0 Å². The van der Waals surface area contributed by atoms with Gasteiger partial charge in [0.05, 0.1) is 18.2 Å². The van der Waals surface area contributed by atoms with Crippen LogP contribution in [-0.4, -0.2) is 25.5 Å². The number of rotatable bonds is 5. The molecule has 0 aliphatic rings. The zero-order valence-corrected chi connectivity index (χ0v) is 13.2. The number of ether oxygens (including phenoxy) is 2. The smallest absolute Gasteiger partial charge is 0.338 e. The first kappa shape index (κ1) is 16.2. The van der Waals surface area contributed by atoms with Crippen LogP contribution in [0.1, 0.15) is 20.7 Å².